The van der Waals surface area contributed by atoms with Crippen molar-refractivity contribution in [1.82, 2.24) is 5.43 Å². The molecule has 0 saturated heterocycles. The minimum atomic E-state index is -0.506. The molecule has 1 amide bonds. The Kier molecular flexibility index (Phi) is 6.16. The van der Waals surface area contributed by atoms with Crippen LogP contribution in [0.3, 0.4) is 0 Å². The van der Waals surface area contributed by atoms with Crippen LogP contribution in [0.25, 0.3) is 10.8 Å². The van der Waals surface area contributed by atoms with Gasteiger partial charge in [0, 0.05) is 21.1 Å². The predicted molar refractivity (Wildman–Crippen MR) is 115 cm³/mol. The number of methoxy groups -OCH3 is 1. The van der Waals surface area contributed by atoms with E-state index in [9.17, 15) is 9.90 Å². The number of hydrogen-bond donors (Lipinski definition) is 3. The number of anilines is 1. The smallest absolute Gasteiger partial charge is 0.262 e. The highest BCUT2D eigenvalue weighted by Crippen LogP contribution is 2.32. The second kappa shape index (κ2) is 8.75. The van der Waals surface area contributed by atoms with Crippen LogP contribution in [0.2, 0.25) is 0 Å². The van der Waals surface area contributed by atoms with Crippen LogP contribution in [0.15, 0.2) is 64.2 Å². The zero-order valence-electron chi connectivity index (χ0n) is 15.4. The first-order valence-corrected chi connectivity index (χ1v) is 9.42. The van der Waals surface area contributed by atoms with E-state index in [0.29, 0.717) is 11.3 Å². The number of ether oxygens (including phenoxy) is 1. The Morgan fingerprint density at radius 1 is 1.21 bits per heavy atom. The number of hydrogen-bond acceptors (Lipinski definition) is 5. The number of nitrogens with one attached hydrogen (secondary N) is 2. The van der Waals surface area contributed by atoms with Crippen LogP contribution in [-0.2, 0) is 4.79 Å². The SMILES string of the molecule is COc1cc(Br)cc(/C=N/NC(=O)[C@H](C)Nc2cccc3ccccc23)c1O. The summed E-state index contributed by atoms with van der Waals surface area (Å²) in [5.74, 6) is -0.0376. The molecular formula is C21H20BrN3O3. The molecule has 1 atom stereocenters. The van der Waals surface area contributed by atoms with Gasteiger partial charge >= 0.3 is 0 Å². The van der Waals surface area contributed by atoms with E-state index in [1.165, 1.54) is 13.3 Å². The highest BCUT2D eigenvalue weighted by Gasteiger charge is 2.13. The molecule has 0 aromatic heterocycles. The van der Waals surface area contributed by atoms with Crippen molar-refractivity contribution in [1.29, 1.82) is 0 Å². The van der Waals surface area contributed by atoms with Crippen LogP contribution in [0, 0.1) is 0 Å². The molecule has 0 aliphatic rings. The third-order valence-electron chi connectivity index (χ3n) is 4.22. The van der Waals surface area contributed by atoms with Gasteiger partial charge in [-0.15, -0.1) is 0 Å². The van der Waals surface area contributed by atoms with E-state index in [0.717, 1.165) is 20.9 Å². The summed E-state index contributed by atoms with van der Waals surface area (Å²) in [7, 11) is 1.46. The summed E-state index contributed by atoms with van der Waals surface area (Å²) in [6.07, 6.45) is 1.37. The lowest BCUT2D eigenvalue weighted by molar-refractivity contribution is -0.121. The normalized spacial score (nSPS) is 12.1. The molecule has 0 aliphatic heterocycles. The van der Waals surface area contributed by atoms with E-state index in [-0.39, 0.29) is 11.7 Å². The highest BCUT2D eigenvalue weighted by atomic mass is 79.9. The van der Waals surface area contributed by atoms with Crippen molar-refractivity contribution in [3.63, 3.8) is 0 Å². The molecule has 28 heavy (non-hydrogen) atoms. The molecule has 144 valence electrons. The zero-order valence-corrected chi connectivity index (χ0v) is 17.0. The number of rotatable bonds is 6. The molecule has 0 spiro atoms. The number of hydrazone groups is 1. The molecule has 3 rings (SSSR count). The predicted octanol–water partition coefficient (Wildman–Crippen LogP) is 4.27. The maximum atomic E-state index is 12.4. The number of halogens is 1. The van der Waals surface area contributed by atoms with Gasteiger partial charge in [-0.05, 0) is 30.5 Å². The third-order valence-corrected chi connectivity index (χ3v) is 4.68. The average Bonchev–Trinajstić information content (AvgIpc) is 2.70. The number of carbonyl (C=O) groups is 1. The van der Waals surface area contributed by atoms with Gasteiger partial charge in [0.25, 0.3) is 5.91 Å². The van der Waals surface area contributed by atoms with Gasteiger partial charge in [0.05, 0.1) is 13.3 Å². The van der Waals surface area contributed by atoms with Crippen molar-refractivity contribution < 1.29 is 14.6 Å². The Labute approximate surface area is 171 Å². The summed E-state index contributed by atoms with van der Waals surface area (Å²) < 4.78 is 5.82. The van der Waals surface area contributed by atoms with Crippen molar-refractivity contribution in [2.45, 2.75) is 13.0 Å². The molecule has 7 heteroatoms. The number of aromatic hydroxyl groups is 1. The summed E-state index contributed by atoms with van der Waals surface area (Å²) in [5, 5.41) is 19.4. The van der Waals surface area contributed by atoms with Crippen LogP contribution >= 0.6 is 15.9 Å². The fourth-order valence-electron chi connectivity index (χ4n) is 2.76. The second-order valence-corrected chi connectivity index (χ2v) is 7.09. The lowest BCUT2D eigenvalue weighted by Gasteiger charge is -2.15. The van der Waals surface area contributed by atoms with Crippen LogP contribution in [-0.4, -0.2) is 30.4 Å². The Balaban J connectivity index is 1.68. The molecule has 0 unspecified atom stereocenters. The summed E-state index contributed by atoms with van der Waals surface area (Å²) >= 11 is 3.34. The molecule has 3 N–H and O–H groups in total. The number of carbonyl (C=O) groups excluding carboxylic acids is 1. The van der Waals surface area contributed by atoms with E-state index >= 15 is 0 Å². The van der Waals surface area contributed by atoms with Crippen LogP contribution in [0.4, 0.5) is 5.69 Å². The van der Waals surface area contributed by atoms with E-state index in [1.807, 2.05) is 42.5 Å². The average molecular weight is 442 g/mol. The number of phenolic OH excluding ortho intramolecular Hbond substituents is 1. The standard InChI is InChI=1S/C21H20BrN3O3/c1-13(24-18-9-5-7-14-6-3-4-8-17(14)18)21(27)25-23-12-15-10-16(22)11-19(28-2)20(15)26/h3-13,24,26H,1-2H3,(H,25,27)/b23-12+/t13-/m0/s1. The van der Waals surface area contributed by atoms with Crippen LogP contribution in [0.5, 0.6) is 11.5 Å². The Morgan fingerprint density at radius 2 is 1.96 bits per heavy atom. The first-order chi connectivity index (χ1) is 13.5. The molecule has 3 aromatic rings. The van der Waals surface area contributed by atoms with Crippen LogP contribution in [0.1, 0.15) is 12.5 Å². The van der Waals surface area contributed by atoms with Crippen LogP contribution < -0.4 is 15.5 Å². The maximum Gasteiger partial charge on any atom is 0.262 e. The van der Waals surface area contributed by atoms with E-state index in [4.69, 9.17) is 4.74 Å². The minimum absolute atomic E-state index is 0.0503. The fraction of sp³-hybridized carbons (Fsp3) is 0.143. The Morgan fingerprint density at radius 3 is 2.75 bits per heavy atom. The van der Waals surface area contributed by atoms with Crippen molar-refractivity contribution >= 4 is 44.5 Å². The molecular weight excluding hydrogens is 422 g/mol. The lowest BCUT2D eigenvalue weighted by atomic mass is 10.1. The van der Waals surface area contributed by atoms with Gasteiger partial charge in [-0.3, -0.25) is 4.79 Å². The van der Waals surface area contributed by atoms with Crippen molar-refractivity contribution in [2.75, 3.05) is 12.4 Å². The highest BCUT2D eigenvalue weighted by molar-refractivity contribution is 9.10. The largest absolute Gasteiger partial charge is 0.504 e. The minimum Gasteiger partial charge on any atom is -0.504 e. The molecule has 0 aliphatic carbocycles. The quantitative estimate of drug-likeness (QED) is 0.394. The number of benzene rings is 3. The Hall–Kier alpha value is -3.06. The summed E-state index contributed by atoms with van der Waals surface area (Å²) in [6, 6.07) is 16.7. The number of fused-ring (bicyclic) bond motifs is 1. The second-order valence-electron chi connectivity index (χ2n) is 6.17. The van der Waals surface area contributed by atoms with Gasteiger partial charge in [-0.1, -0.05) is 52.3 Å². The van der Waals surface area contributed by atoms with Crippen molar-refractivity contribution in [3.8, 4) is 11.5 Å². The monoisotopic (exact) mass is 441 g/mol. The van der Waals surface area contributed by atoms with Gasteiger partial charge in [0.15, 0.2) is 11.5 Å². The molecule has 3 aromatic carbocycles. The number of amides is 1. The first kappa shape index (κ1) is 19.7. The molecule has 6 nitrogen and oxygen atoms in total. The summed E-state index contributed by atoms with van der Waals surface area (Å²) in [6.45, 7) is 1.76. The zero-order chi connectivity index (χ0) is 20.1. The number of phenols is 1. The maximum absolute atomic E-state index is 12.4. The topological polar surface area (TPSA) is 83.0 Å². The van der Waals surface area contributed by atoms with Gasteiger partial charge < -0.3 is 15.2 Å². The first-order valence-electron chi connectivity index (χ1n) is 8.63. The summed E-state index contributed by atoms with van der Waals surface area (Å²) in [5.41, 5.74) is 3.78. The third kappa shape index (κ3) is 4.43. The van der Waals surface area contributed by atoms with E-state index in [1.54, 1.807) is 19.1 Å². The van der Waals surface area contributed by atoms with Gasteiger partial charge in [-0.25, -0.2) is 5.43 Å². The van der Waals surface area contributed by atoms with Gasteiger partial charge in [-0.2, -0.15) is 5.10 Å². The molecule has 0 radical (unpaired) electrons. The van der Waals surface area contributed by atoms with Gasteiger partial charge in [0.2, 0.25) is 0 Å². The summed E-state index contributed by atoms with van der Waals surface area (Å²) in [4.78, 5) is 12.4. The van der Waals surface area contributed by atoms with Gasteiger partial charge in [0.1, 0.15) is 6.04 Å². The molecule has 0 heterocycles. The van der Waals surface area contributed by atoms with E-state index in [2.05, 4.69) is 31.8 Å². The molecule has 0 bridgehead atoms. The lowest BCUT2D eigenvalue weighted by Crippen LogP contribution is -2.34. The van der Waals surface area contributed by atoms with Crippen molar-refractivity contribution in [2.24, 2.45) is 5.10 Å². The molecule has 0 saturated carbocycles. The Bertz CT molecular complexity index is 1030. The molecule has 0 fully saturated rings. The number of nitrogens with zero attached hydrogens (tertiary/aromatic N) is 1. The van der Waals surface area contributed by atoms with Crippen molar-refractivity contribution in [3.05, 3.63) is 64.6 Å². The fourth-order valence-corrected chi connectivity index (χ4v) is 3.22. The van der Waals surface area contributed by atoms with E-state index < -0.39 is 6.04 Å².